The summed E-state index contributed by atoms with van der Waals surface area (Å²) in [6, 6.07) is 7.95. The Balaban J connectivity index is 2.02. The topological polar surface area (TPSA) is 88.2 Å². The largest absolute Gasteiger partial charge is 0.345 e. The van der Waals surface area contributed by atoms with Gasteiger partial charge in [-0.05, 0) is 12.5 Å². The van der Waals surface area contributed by atoms with Crippen LogP contribution in [0.2, 0.25) is 0 Å². The van der Waals surface area contributed by atoms with Crippen LogP contribution in [0, 0.1) is 0 Å². The van der Waals surface area contributed by atoms with Crippen LogP contribution >= 0.6 is 11.3 Å². The van der Waals surface area contributed by atoms with Gasteiger partial charge in [-0.25, -0.2) is 0 Å². The van der Waals surface area contributed by atoms with Crippen molar-refractivity contribution < 1.29 is 14.4 Å². The lowest BCUT2D eigenvalue weighted by molar-refractivity contribution is -0.129. The molecule has 2 aromatic rings. The Hall–Kier alpha value is -2.54. The van der Waals surface area contributed by atoms with E-state index in [9.17, 15) is 14.4 Å². The number of nitrogens with one attached hydrogen (secondary N) is 2. The normalized spacial score (nSPS) is 12.9. The predicted molar refractivity (Wildman–Crippen MR) is 91.6 cm³/mol. The summed E-state index contributed by atoms with van der Waals surface area (Å²) < 4.78 is 0. The van der Waals surface area contributed by atoms with Gasteiger partial charge in [0.2, 0.25) is 11.8 Å². The molecule has 2 rings (SSSR count). The predicted octanol–water partition coefficient (Wildman–Crippen LogP) is 1.12. The standard InChI is InChI=1S/C17H19N3O3S/c1-12(10-21)19-17(23)15(8-14-9-18-11-24-14)20-16(22)7-13-5-3-2-4-6-13/h2-6,9-12,15H,7-8H2,1H3,(H,19,23)(H,20,22)/t12?,15-/m0/s1. The Morgan fingerprint density at radius 2 is 2.00 bits per heavy atom. The number of carbonyl (C=O) groups is 3. The molecule has 24 heavy (non-hydrogen) atoms. The van der Waals surface area contributed by atoms with Gasteiger partial charge in [0.15, 0.2) is 0 Å². The summed E-state index contributed by atoms with van der Waals surface area (Å²) in [7, 11) is 0. The van der Waals surface area contributed by atoms with Gasteiger partial charge in [0.05, 0.1) is 18.0 Å². The highest BCUT2D eigenvalue weighted by Crippen LogP contribution is 2.09. The Labute approximate surface area is 144 Å². The van der Waals surface area contributed by atoms with Crippen molar-refractivity contribution in [1.82, 2.24) is 15.6 Å². The van der Waals surface area contributed by atoms with Crippen LogP contribution in [0.1, 0.15) is 17.4 Å². The number of benzene rings is 1. The molecule has 0 radical (unpaired) electrons. The maximum absolute atomic E-state index is 12.3. The van der Waals surface area contributed by atoms with Gasteiger partial charge in [-0.3, -0.25) is 14.6 Å². The molecule has 7 heteroatoms. The molecule has 0 aliphatic heterocycles. The molecule has 0 aliphatic carbocycles. The van der Waals surface area contributed by atoms with Crippen LogP contribution in [0.3, 0.4) is 0 Å². The summed E-state index contributed by atoms with van der Waals surface area (Å²) in [5.41, 5.74) is 2.54. The highest BCUT2D eigenvalue weighted by atomic mass is 32.1. The maximum atomic E-state index is 12.3. The van der Waals surface area contributed by atoms with Gasteiger partial charge in [0, 0.05) is 17.5 Å². The molecule has 2 N–H and O–H groups in total. The lowest BCUT2D eigenvalue weighted by atomic mass is 10.1. The smallest absolute Gasteiger partial charge is 0.243 e. The molecule has 2 atom stereocenters. The van der Waals surface area contributed by atoms with Crippen molar-refractivity contribution in [2.24, 2.45) is 0 Å². The lowest BCUT2D eigenvalue weighted by Crippen LogP contribution is -2.50. The van der Waals surface area contributed by atoms with Crippen molar-refractivity contribution in [2.75, 3.05) is 0 Å². The van der Waals surface area contributed by atoms with Crippen molar-refractivity contribution in [3.8, 4) is 0 Å². The van der Waals surface area contributed by atoms with Gasteiger partial charge >= 0.3 is 0 Å². The lowest BCUT2D eigenvalue weighted by Gasteiger charge is -2.19. The number of carbonyl (C=O) groups excluding carboxylic acids is 3. The van der Waals surface area contributed by atoms with Gasteiger partial charge in [0.1, 0.15) is 12.3 Å². The quantitative estimate of drug-likeness (QED) is 0.702. The second-order valence-electron chi connectivity index (χ2n) is 5.39. The van der Waals surface area contributed by atoms with E-state index in [0.29, 0.717) is 12.7 Å². The van der Waals surface area contributed by atoms with Crippen molar-refractivity contribution in [3.05, 3.63) is 52.5 Å². The van der Waals surface area contributed by atoms with Crippen molar-refractivity contribution in [2.45, 2.75) is 31.8 Å². The SMILES string of the molecule is CC(C=O)NC(=O)[C@H](Cc1cncs1)NC(=O)Cc1ccccc1. The van der Waals surface area contributed by atoms with Gasteiger partial charge in [-0.1, -0.05) is 30.3 Å². The van der Waals surface area contributed by atoms with E-state index in [-0.39, 0.29) is 18.2 Å². The highest BCUT2D eigenvalue weighted by Gasteiger charge is 2.23. The fourth-order valence-electron chi connectivity index (χ4n) is 2.14. The van der Waals surface area contributed by atoms with Crippen molar-refractivity contribution >= 4 is 29.4 Å². The second kappa shape index (κ2) is 8.93. The number of rotatable bonds is 8. The fourth-order valence-corrected chi connectivity index (χ4v) is 2.78. The summed E-state index contributed by atoms with van der Waals surface area (Å²) in [5.74, 6) is -0.631. The van der Waals surface area contributed by atoms with E-state index in [0.717, 1.165) is 10.4 Å². The third-order valence-corrected chi connectivity index (χ3v) is 4.12. The number of aldehydes is 1. The fraction of sp³-hybridized carbons (Fsp3) is 0.294. The first kappa shape index (κ1) is 17.8. The van der Waals surface area contributed by atoms with E-state index in [2.05, 4.69) is 15.6 Å². The molecule has 6 nitrogen and oxygen atoms in total. The highest BCUT2D eigenvalue weighted by molar-refractivity contribution is 7.09. The van der Waals surface area contributed by atoms with Crippen LogP contribution < -0.4 is 10.6 Å². The molecule has 0 spiro atoms. The van der Waals surface area contributed by atoms with E-state index in [1.54, 1.807) is 18.6 Å². The van der Waals surface area contributed by atoms with Crippen LogP contribution in [-0.4, -0.2) is 35.2 Å². The van der Waals surface area contributed by atoms with E-state index in [1.807, 2.05) is 30.3 Å². The zero-order chi connectivity index (χ0) is 17.4. The van der Waals surface area contributed by atoms with E-state index in [1.165, 1.54) is 11.3 Å². The molecule has 0 aliphatic rings. The van der Waals surface area contributed by atoms with Crippen LogP contribution in [-0.2, 0) is 27.2 Å². The Morgan fingerprint density at radius 1 is 1.25 bits per heavy atom. The zero-order valence-electron chi connectivity index (χ0n) is 13.3. The molecule has 2 amide bonds. The molecule has 1 heterocycles. The van der Waals surface area contributed by atoms with E-state index >= 15 is 0 Å². The van der Waals surface area contributed by atoms with Crippen LogP contribution in [0.5, 0.6) is 0 Å². The molecule has 0 fully saturated rings. The van der Waals surface area contributed by atoms with Crippen LogP contribution in [0.4, 0.5) is 0 Å². The Kier molecular flexibility index (Phi) is 6.62. The molecule has 1 unspecified atom stereocenters. The molecule has 0 saturated carbocycles. The maximum Gasteiger partial charge on any atom is 0.243 e. The van der Waals surface area contributed by atoms with Gasteiger partial charge in [0.25, 0.3) is 0 Å². The van der Waals surface area contributed by atoms with Gasteiger partial charge < -0.3 is 15.4 Å². The first-order chi connectivity index (χ1) is 11.6. The summed E-state index contributed by atoms with van der Waals surface area (Å²) in [6.07, 6.45) is 2.84. The van der Waals surface area contributed by atoms with Crippen molar-refractivity contribution in [1.29, 1.82) is 0 Å². The average Bonchev–Trinajstić information content (AvgIpc) is 3.08. The number of nitrogens with zero attached hydrogens (tertiary/aromatic N) is 1. The summed E-state index contributed by atoms with van der Waals surface area (Å²) in [4.78, 5) is 40.2. The summed E-state index contributed by atoms with van der Waals surface area (Å²) in [6.45, 7) is 1.58. The first-order valence-electron chi connectivity index (χ1n) is 7.55. The second-order valence-corrected chi connectivity index (χ2v) is 6.36. The third kappa shape index (κ3) is 5.58. The molecular formula is C17H19N3O3S. The number of hydrogen-bond acceptors (Lipinski definition) is 5. The molecule has 1 aromatic heterocycles. The minimum absolute atomic E-state index is 0.191. The van der Waals surface area contributed by atoms with E-state index in [4.69, 9.17) is 0 Å². The Bertz CT molecular complexity index is 674. The van der Waals surface area contributed by atoms with Gasteiger partial charge in [-0.15, -0.1) is 11.3 Å². The monoisotopic (exact) mass is 345 g/mol. The molecule has 0 saturated heterocycles. The number of thiazole rings is 1. The molecule has 0 bridgehead atoms. The number of hydrogen-bond donors (Lipinski definition) is 2. The number of amides is 2. The third-order valence-electron chi connectivity index (χ3n) is 3.32. The van der Waals surface area contributed by atoms with Gasteiger partial charge in [-0.2, -0.15) is 0 Å². The Morgan fingerprint density at radius 3 is 2.62 bits per heavy atom. The summed E-state index contributed by atoms with van der Waals surface area (Å²) >= 11 is 1.41. The van der Waals surface area contributed by atoms with Crippen molar-refractivity contribution in [3.63, 3.8) is 0 Å². The molecule has 1 aromatic carbocycles. The summed E-state index contributed by atoms with van der Waals surface area (Å²) in [5, 5.41) is 5.32. The minimum atomic E-state index is -0.746. The van der Waals surface area contributed by atoms with Crippen LogP contribution in [0.25, 0.3) is 0 Å². The van der Waals surface area contributed by atoms with Crippen LogP contribution in [0.15, 0.2) is 42.0 Å². The zero-order valence-corrected chi connectivity index (χ0v) is 14.1. The molecule has 126 valence electrons. The first-order valence-corrected chi connectivity index (χ1v) is 8.42. The average molecular weight is 345 g/mol. The number of aromatic nitrogens is 1. The van der Waals surface area contributed by atoms with E-state index < -0.39 is 12.1 Å². The minimum Gasteiger partial charge on any atom is -0.345 e. The molecular weight excluding hydrogens is 326 g/mol.